The minimum atomic E-state index is -4.36. The van der Waals surface area contributed by atoms with Gasteiger partial charge in [0.25, 0.3) is 0 Å². The van der Waals surface area contributed by atoms with E-state index in [1.54, 1.807) is 29.2 Å². The van der Waals surface area contributed by atoms with Crippen LogP contribution in [-0.4, -0.2) is 20.9 Å². The molecule has 1 aliphatic rings. The van der Waals surface area contributed by atoms with Crippen LogP contribution in [0.15, 0.2) is 60.9 Å². The Bertz CT molecular complexity index is 952. The van der Waals surface area contributed by atoms with E-state index in [2.05, 4.69) is 15.6 Å². The summed E-state index contributed by atoms with van der Waals surface area (Å²) < 4.78 is 39.5. The molecule has 1 saturated carbocycles. The van der Waals surface area contributed by atoms with Gasteiger partial charge < -0.3 is 5.32 Å². The lowest BCUT2D eigenvalue weighted by Crippen LogP contribution is -2.16. The number of hydrogen-bond acceptors (Lipinski definition) is 3. The van der Waals surface area contributed by atoms with E-state index < -0.39 is 11.7 Å². The Morgan fingerprint density at radius 1 is 1.11 bits per heavy atom. The summed E-state index contributed by atoms with van der Waals surface area (Å²) in [5.74, 6) is -0.483. The van der Waals surface area contributed by atoms with Crippen molar-refractivity contribution in [1.29, 1.82) is 0 Å². The van der Waals surface area contributed by atoms with Crippen molar-refractivity contribution in [2.24, 2.45) is 5.92 Å². The molecule has 1 heterocycles. The van der Waals surface area contributed by atoms with E-state index in [4.69, 9.17) is 0 Å². The van der Waals surface area contributed by atoms with Crippen LogP contribution in [0.3, 0.4) is 0 Å². The highest BCUT2D eigenvalue weighted by atomic mass is 19.4. The molecule has 4 rings (SSSR count). The summed E-state index contributed by atoms with van der Waals surface area (Å²) in [7, 11) is 0. The zero-order valence-corrected chi connectivity index (χ0v) is 14.0. The molecule has 1 fully saturated rings. The summed E-state index contributed by atoms with van der Waals surface area (Å²) in [4.78, 5) is 12.6. The molecular formula is C19H15F3N4O. The minimum absolute atomic E-state index is 0.0641. The molecule has 0 bridgehead atoms. The lowest BCUT2D eigenvalue weighted by atomic mass is 10.1. The van der Waals surface area contributed by atoms with Gasteiger partial charge in [-0.25, -0.2) is 4.68 Å². The van der Waals surface area contributed by atoms with Crippen LogP contribution < -0.4 is 5.32 Å². The monoisotopic (exact) mass is 372 g/mol. The third kappa shape index (κ3) is 3.55. The Morgan fingerprint density at radius 2 is 1.85 bits per heavy atom. The van der Waals surface area contributed by atoms with Crippen LogP contribution in [0.5, 0.6) is 0 Å². The molecule has 138 valence electrons. The fourth-order valence-electron chi connectivity index (χ4n) is 3.11. The van der Waals surface area contributed by atoms with Crippen LogP contribution in [0, 0.1) is 5.92 Å². The molecule has 2 atom stereocenters. The van der Waals surface area contributed by atoms with Crippen LogP contribution in [0.4, 0.5) is 18.9 Å². The highest BCUT2D eigenvalue weighted by Crippen LogP contribution is 2.48. The number of hydrogen-bond donors (Lipinski definition) is 1. The van der Waals surface area contributed by atoms with E-state index in [1.807, 2.05) is 12.1 Å². The van der Waals surface area contributed by atoms with Gasteiger partial charge in [-0.3, -0.25) is 4.79 Å². The summed E-state index contributed by atoms with van der Waals surface area (Å²) in [5, 5.41) is 10.6. The molecular weight excluding hydrogens is 357 g/mol. The van der Waals surface area contributed by atoms with Crippen LogP contribution in [-0.2, 0) is 11.0 Å². The molecule has 0 saturated heterocycles. The number of benzene rings is 2. The molecule has 1 amide bonds. The van der Waals surface area contributed by atoms with E-state index in [0.717, 1.165) is 17.7 Å². The number of carbonyl (C=O) groups is 1. The third-order valence-corrected chi connectivity index (χ3v) is 4.62. The van der Waals surface area contributed by atoms with Crippen molar-refractivity contribution in [2.45, 2.75) is 18.5 Å². The van der Waals surface area contributed by atoms with Crippen LogP contribution in [0.25, 0.3) is 5.69 Å². The van der Waals surface area contributed by atoms with Crippen molar-refractivity contribution in [3.63, 3.8) is 0 Å². The topological polar surface area (TPSA) is 59.8 Å². The number of aromatic nitrogens is 3. The van der Waals surface area contributed by atoms with Crippen LogP contribution in [0.1, 0.15) is 23.5 Å². The molecule has 1 aromatic heterocycles. The molecule has 0 aliphatic heterocycles. The summed E-state index contributed by atoms with van der Waals surface area (Å²) in [5.41, 5.74) is 1.35. The normalized spacial score (nSPS) is 18.9. The van der Waals surface area contributed by atoms with E-state index in [1.165, 1.54) is 12.1 Å². The largest absolute Gasteiger partial charge is 0.416 e. The molecule has 2 aromatic carbocycles. The molecule has 5 nitrogen and oxygen atoms in total. The number of rotatable bonds is 4. The maximum Gasteiger partial charge on any atom is 0.416 e. The van der Waals surface area contributed by atoms with E-state index in [-0.39, 0.29) is 17.7 Å². The first-order chi connectivity index (χ1) is 12.9. The Labute approximate surface area is 152 Å². The van der Waals surface area contributed by atoms with Crippen molar-refractivity contribution in [3.8, 4) is 5.69 Å². The first-order valence-corrected chi connectivity index (χ1v) is 8.37. The smallest absolute Gasteiger partial charge is 0.324 e. The average Bonchev–Trinajstić information content (AvgIpc) is 3.27. The predicted molar refractivity (Wildman–Crippen MR) is 92.3 cm³/mol. The first-order valence-electron chi connectivity index (χ1n) is 8.37. The Balaban J connectivity index is 1.46. The van der Waals surface area contributed by atoms with Gasteiger partial charge in [-0.15, -0.1) is 5.10 Å². The quantitative estimate of drug-likeness (QED) is 0.752. The SMILES string of the molecule is O=C(Nc1ccccc1-n1ccnn1)C1CC1c1ccc(C(F)(F)F)cc1. The van der Waals surface area contributed by atoms with Gasteiger partial charge in [-0.1, -0.05) is 29.5 Å². The number of nitrogens with one attached hydrogen (secondary N) is 1. The third-order valence-electron chi connectivity index (χ3n) is 4.62. The van der Waals surface area contributed by atoms with Gasteiger partial charge in [0.05, 0.1) is 29.3 Å². The predicted octanol–water partition coefficient (Wildman–Crippen LogP) is 4.03. The van der Waals surface area contributed by atoms with Gasteiger partial charge >= 0.3 is 6.18 Å². The van der Waals surface area contributed by atoms with Crippen molar-refractivity contribution < 1.29 is 18.0 Å². The molecule has 0 radical (unpaired) electrons. The highest BCUT2D eigenvalue weighted by molar-refractivity contribution is 5.96. The van der Waals surface area contributed by atoms with E-state index in [0.29, 0.717) is 17.8 Å². The first kappa shape index (κ1) is 17.3. The van der Waals surface area contributed by atoms with Gasteiger partial charge in [0, 0.05) is 5.92 Å². The van der Waals surface area contributed by atoms with Crippen LogP contribution in [0.2, 0.25) is 0 Å². The summed E-state index contributed by atoms with van der Waals surface area (Å²) in [6, 6.07) is 12.2. The fourth-order valence-corrected chi connectivity index (χ4v) is 3.11. The van der Waals surface area contributed by atoms with E-state index >= 15 is 0 Å². The Morgan fingerprint density at radius 3 is 2.52 bits per heavy atom. The van der Waals surface area contributed by atoms with Gasteiger partial charge in [-0.05, 0) is 42.2 Å². The highest BCUT2D eigenvalue weighted by Gasteiger charge is 2.44. The van der Waals surface area contributed by atoms with Gasteiger partial charge in [0.15, 0.2) is 0 Å². The number of amides is 1. The van der Waals surface area contributed by atoms with Gasteiger partial charge in [-0.2, -0.15) is 13.2 Å². The molecule has 0 spiro atoms. The van der Waals surface area contributed by atoms with Crippen molar-refractivity contribution in [3.05, 3.63) is 72.1 Å². The zero-order chi connectivity index (χ0) is 19.0. The number of para-hydroxylation sites is 2. The van der Waals surface area contributed by atoms with Crippen LogP contribution >= 0.6 is 0 Å². The summed E-state index contributed by atoms with van der Waals surface area (Å²) in [6.45, 7) is 0. The second-order valence-electron chi connectivity index (χ2n) is 6.42. The molecule has 1 N–H and O–H groups in total. The lowest BCUT2D eigenvalue weighted by Gasteiger charge is -2.11. The molecule has 1 aliphatic carbocycles. The standard InChI is InChI=1S/C19H15F3N4O/c20-19(21,22)13-7-5-12(6-8-13)14-11-15(14)18(27)24-16-3-1-2-4-17(16)26-10-9-23-25-26/h1-10,14-15H,11H2,(H,24,27). The minimum Gasteiger partial charge on any atom is -0.324 e. The number of nitrogens with zero attached hydrogens (tertiary/aromatic N) is 3. The summed E-state index contributed by atoms with van der Waals surface area (Å²) >= 11 is 0. The number of halogens is 3. The molecule has 8 heteroatoms. The second-order valence-corrected chi connectivity index (χ2v) is 6.42. The van der Waals surface area contributed by atoms with Gasteiger partial charge in [0.2, 0.25) is 5.91 Å². The Hall–Kier alpha value is -3.16. The molecule has 3 aromatic rings. The maximum absolute atomic E-state index is 12.7. The number of carbonyl (C=O) groups excluding carboxylic acids is 1. The fraction of sp³-hybridized carbons (Fsp3) is 0.211. The molecule has 2 unspecified atom stereocenters. The molecule has 27 heavy (non-hydrogen) atoms. The lowest BCUT2D eigenvalue weighted by molar-refractivity contribution is -0.137. The van der Waals surface area contributed by atoms with Gasteiger partial charge in [0.1, 0.15) is 0 Å². The Kier molecular flexibility index (Phi) is 4.18. The number of alkyl halides is 3. The van der Waals surface area contributed by atoms with E-state index in [9.17, 15) is 18.0 Å². The van der Waals surface area contributed by atoms with Crippen molar-refractivity contribution in [2.75, 3.05) is 5.32 Å². The number of anilines is 1. The summed E-state index contributed by atoms with van der Waals surface area (Å²) in [6.07, 6.45) is -0.528. The van der Waals surface area contributed by atoms with Crippen molar-refractivity contribution in [1.82, 2.24) is 15.0 Å². The zero-order valence-electron chi connectivity index (χ0n) is 14.0. The maximum atomic E-state index is 12.7. The second kappa shape index (κ2) is 6.53. The van der Waals surface area contributed by atoms with Crippen molar-refractivity contribution >= 4 is 11.6 Å². The average molecular weight is 372 g/mol.